The summed E-state index contributed by atoms with van der Waals surface area (Å²) in [6.07, 6.45) is 0. The number of nitrogens with zero attached hydrogens (tertiary/aromatic N) is 2. The van der Waals surface area contributed by atoms with Crippen LogP contribution in [-0.2, 0) is 0 Å². The van der Waals surface area contributed by atoms with Crippen LogP contribution in [0.25, 0.3) is 60.0 Å². The van der Waals surface area contributed by atoms with Crippen LogP contribution in [0, 0.1) is 0 Å². The average Bonchev–Trinajstić information content (AvgIpc) is 3.25. The highest BCUT2D eigenvalue weighted by atomic mass is 16.3. The molecule has 8 rings (SSSR count). The summed E-state index contributed by atoms with van der Waals surface area (Å²) in [4.78, 5) is 2.52. The van der Waals surface area contributed by atoms with Crippen molar-refractivity contribution >= 4 is 71.4 Å². The van der Waals surface area contributed by atoms with Gasteiger partial charge in [0.1, 0.15) is 11.2 Å². The molecule has 3 nitrogen and oxygen atoms in total. The summed E-state index contributed by atoms with van der Waals surface area (Å²) >= 11 is 0. The summed E-state index contributed by atoms with van der Waals surface area (Å²) in [5, 5.41) is 7.58. The highest BCUT2D eigenvalue weighted by Crippen LogP contribution is 2.51. The zero-order valence-electron chi connectivity index (χ0n) is 17.7. The van der Waals surface area contributed by atoms with Crippen LogP contribution in [-0.4, -0.2) is 9.94 Å². The van der Waals surface area contributed by atoms with E-state index in [9.17, 15) is 0 Å². The maximum atomic E-state index is 6.34. The van der Waals surface area contributed by atoms with Crippen LogP contribution in [0.3, 0.4) is 0 Å². The first-order valence-corrected chi connectivity index (χ1v) is 10.9. The Kier molecular flexibility index (Phi) is 2.47. The molecule has 4 aromatic carbocycles. The summed E-state index contributed by atoms with van der Waals surface area (Å²) in [5.41, 5.74) is 8.24. The molecule has 7 aromatic rings. The average molecular weight is 400 g/mol. The molecule has 31 heavy (non-hydrogen) atoms. The van der Waals surface area contributed by atoms with Gasteiger partial charge in [0.25, 0.3) is 0 Å². The lowest BCUT2D eigenvalue weighted by atomic mass is 9.98. The highest BCUT2D eigenvalue weighted by molar-refractivity contribution is 6.33. The molecular formula is C28H20N2O. The van der Waals surface area contributed by atoms with Crippen molar-refractivity contribution in [3.05, 3.63) is 66.7 Å². The Morgan fingerprint density at radius 1 is 0.581 bits per heavy atom. The number of rotatable bonds is 0. The molecule has 0 saturated carbocycles. The first-order chi connectivity index (χ1) is 15.0. The largest absolute Gasteiger partial charge is 0.456 e. The van der Waals surface area contributed by atoms with Gasteiger partial charge in [-0.15, -0.1) is 0 Å². The van der Waals surface area contributed by atoms with Crippen molar-refractivity contribution < 1.29 is 4.42 Å². The van der Waals surface area contributed by atoms with Gasteiger partial charge in [0.15, 0.2) is 0 Å². The van der Waals surface area contributed by atoms with E-state index in [0.717, 1.165) is 11.2 Å². The van der Waals surface area contributed by atoms with E-state index < -0.39 is 0 Å². The topological polar surface area (TPSA) is 20.8 Å². The van der Waals surface area contributed by atoms with E-state index in [4.69, 9.17) is 4.42 Å². The molecule has 0 unspecified atom stereocenters. The normalized spacial score (nSPS) is 14.2. The highest BCUT2D eigenvalue weighted by Gasteiger charge is 2.33. The monoisotopic (exact) mass is 400 g/mol. The maximum Gasteiger partial charge on any atom is 0.137 e. The summed E-state index contributed by atoms with van der Waals surface area (Å²) in [7, 11) is 0. The van der Waals surface area contributed by atoms with Crippen LogP contribution in [0.5, 0.6) is 0 Å². The van der Waals surface area contributed by atoms with Crippen LogP contribution in [0.15, 0.2) is 71.1 Å². The minimum atomic E-state index is -0.0593. The number of benzene rings is 4. The van der Waals surface area contributed by atoms with Gasteiger partial charge in [0.2, 0.25) is 0 Å². The van der Waals surface area contributed by atoms with E-state index in [1.54, 1.807) is 0 Å². The van der Waals surface area contributed by atoms with Crippen molar-refractivity contribution in [3.8, 4) is 0 Å². The second-order valence-corrected chi connectivity index (χ2v) is 9.80. The van der Waals surface area contributed by atoms with Crippen molar-refractivity contribution in [1.29, 1.82) is 0 Å². The Bertz CT molecular complexity index is 1880. The summed E-state index contributed by atoms with van der Waals surface area (Å²) in [6, 6.07) is 24.3. The van der Waals surface area contributed by atoms with Crippen LogP contribution < -0.4 is 4.90 Å². The first kappa shape index (κ1) is 16.0. The third kappa shape index (κ3) is 1.64. The molecule has 3 heteroatoms. The molecule has 4 heterocycles. The van der Waals surface area contributed by atoms with Crippen LogP contribution >= 0.6 is 0 Å². The lowest BCUT2D eigenvalue weighted by Gasteiger charge is -2.40. The van der Waals surface area contributed by atoms with Crippen LogP contribution in [0.1, 0.15) is 20.8 Å². The second-order valence-electron chi connectivity index (χ2n) is 9.80. The molecule has 0 fully saturated rings. The third-order valence-electron chi connectivity index (χ3n) is 7.07. The van der Waals surface area contributed by atoms with Gasteiger partial charge in [-0.1, -0.05) is 36.4 Å². The van der Waals surface area contributed by atoms with Gasteiger partial charge in [0.05, 0.1) is 33.3 Å². The molecule has 1 aliphatic rings. The van der Waals surface area contributed by atoms with Gasteiger partial charge in [0, 0.05) is 27.1 Å². The number of hydrogen-bond acceptors (Lipinski definition) is 2. The lowest BCUT2D eigenvalue weighted by molar-refractivity contribution is 0.561. The van der Waals surface area contributed by atoms with Gasteiger partial charge < -0.3 is 13.7 Å². The number of fused-ring (bicyclic) bond motifs is 2. The molecule has 1 aliphatic heterocycles. The van der Waals surface area contributed by atoms with Gasteiger partial charge in [-0.25, -0.2) is 0 Å². The molecule has 148 valence electrons. The summed E-state index contributed by atoms with van der Waals surface area (Å²) in [6.45, 7) is 6.90. The van der Waals surface area contributed by atoms with Crippen LogP contribution in [0.2, 0.25) is 0 Å². The summed E-state index contributed by atoms with van der Waals surface area (Å²) < 4.78 is 8.86. The molecule has 0 aliphatic carbocycles. The minimum absolute atomic E-state index is 0.0593. The van der Waals surface area contributed by atoms with E-state index in [0.29, 0.717) is 0 Å². The standard InChI is InChI=1S/C28H20N2O/c1-28(2,3)30-19-10-4-8-16-15-7-6-12-21-23(15)24-22(31-21)14-13-18-17-9-5-11-20(30)26(17)29(25(16)19)27(18)24/h4-14H,1-3H3. The Balaban J connectivity index is 1.88. The minimum Gasteiger partial charge on any atom is -0.456 e. The number of furan rings is 1. The number of anilines is 2. The van der Waals surface area contributed by atoms with Crippen LogP contribution in [0.4, 0.5) is 11.4 Å². The molecule has 0 bridgehead atoms. The third-order valence-corrected chi connectivity index (χ3v) is 7.07. The van der Waals surface area contributed by atoms with Gasteiger partial charge >= 0.3 is 0 Å². The van der Waals surface area contributed by atoms with Gasteiger partial charge in [-0.2, -0.15) is 0 Å². The Morgan fingerprint density at radius 2 is 1.16 bits per heavy atom. The van der Waals surface area contributed by atoms with Crippen molar-refractivity contribution in [2.75, 3.05) is 4.90 Å². The summed E-state index contributed by atoms with van der Waals surface area (Å²) in [5.74, 6) is 0. The second kappa shape index (κ2) is 4.78. The number of para-hydroxylation sites is 2. The predicted octanol–water partition coefficient (Wildman–Crippen LogP) is 7.99. The zero-order chi connectivity index (χ0) is 20.6. The van der Waals surface area contributed by atoms with E-state index in [-0.39, 0.29) is 5.54 Å². The number of aromatic nitrogens is 1. The molecule has 0 radical (unpaired) electrons. The van der Waals surface area contributed by atoms with E-state index in [1.165, 1.54) is 60.2 Å². The smallest absolute Gasteiger partial charge is 0.137 e. The van der Waals surface area contributed by atoms with Gasteiger partial charge in [-0.05, 0) is 56.5 Å². The van der Waals surface area contributed by atoms with Crippen molar-refractivity contribution in [2.24, 2.45) is 0 Å². The fourth-order valence-electron chi connectivity index (χ4n) is 6.08. The van der Waals surface area contributed by atoms with Crippen molar-refractivity contribution in [2.45, 2.75) is 26.3 Å². The Hall–Kier alpha value is -3.72. The lowest BCUT2D eigenvalue weighted by Crippen LogP contribution is -2.39. The molecule has 0 saturated heterocycles. The molecule has 0 N–H and O–H groups in total. The molecule has 0 spiro atoms. The maximum absolute atomic E-state index is 6.34. The quantitative estimate of drug-likeness (QED) is 0.257. The zero-order valence-corrected chi connectivity index (χ0v) is 17.7. The SMILES string of the molecule is CC(C)(C)N1c2cccc3c4cccc5oc6ccc7c8cccc1c8n(c23)c7c6c54. The molecular weight excluding hydrogens is 380 g/mol. The fourth-order valence-corrected chi connectivity index (χ4v) is 6.08. The predicted molar refractivity (Wildman–Crippen MR) is 130 cm³/mol. The molecule has 0 atom stereocenters. The van der Waals surface area contributed by atoms with Gasteiger partial charge in [-0.3, -0.25) is 0 Å². The molecule has 0 amide bonds. The van der Waals surface area contributed by atoms with Crippen molar-refractivity contribution in [3.63, 3.8) is 0 Å². The number of hydrogen-bond donors (Lipinski definition) is 0. The Morgan fingerprint density at radius 3 is 1.87 bits per heavy atom. The first-order valence-electron chi connectivity index (χ1n) is 10.9. The van der Waals surface area contributed by atoms with E-state index in [1.807, 2.05) is 0 Å². The fraction of sp³-hybridized carbons (Fsp3) is 0.143. The molecule has 3 aromatic heterocycles. The van der Waals surface area contributed by atoms with E-state index >= 15 is 0 Å². The Labute approximate surface area is 178 Å². The van der Waals surface area contributed by atoms with Crippen molar-refractivity contribution in [1.82, 2.24) is 4.40 Å². The van der Waals surface area contributed by atoms with E-state index in [2.05, 4.69) is 96.8 Å².